The Morgan fingerprint density at radius 3 is 2.00 bits per heavy atom. The molecule has 0 saturated carbocycles. The van der Waals surface area contributed by atoms with Gasteiger partial charge >= 0.3 is 6.09 Å². The zero-order valence-electron chi connectivity index (χ0n) is 14.1. The second-order valence-corrected chi connectivity index (χ2v) is 6.29. The molecule has 1 fully saturated rings. The van der Waals surface area contributed by atoms with Crippen LogP contribution >= 0.6 is 0 Å². The van der Waals surface area contributed by atoms with Crippen LogP contribution in [0.3, 0.4) is 0 Å². The molecule has 0 aromatic rings. The van der Waals surface area contributed by atoms with Gasteiger partial charge in [-0.1, -0.05) is 0 Å². The number of carbonyl (C=O) groups excluding carboxylic acids is 2. The van der Waals surface area contributed by atoms with Gasteiger partial charge in [-0.25, -0.2) is 4.79 Å². The second kappa shape index (κ2) is 9.00. The first-order chi connectivity index (χ1) is 9.73. The molecule has 0 aliphatic carbocycles. The van der Waals surface area contributed by atoms with Crippen molar-refractivity contribution < 1.29 is 23.8 Å². The monoisotopic (exact) mass is 303 g/mol. The molecule has 0 atom stereocenters. The van der Waals surface area contributed by atoms with Crippen molar-refractivity contribution in [2.75, 3.05) is 41.0 Å². The number of amides is 1. The molecule has 0 spiro atoms. The van der Waals surface area contributed by atoms with Crippen molar-refractivity contribution in [3.63, 3.8) is 0 Å². The fourth-order valence-corrected chi connectivity index (χ4v) is 2.04. The molecular formula is C15H29NO5. The largest absolute Gasteiger partial charge is 0.444 e. The van der Waals surface area contributed by atoms with Crippen LogP contribution in [0.2, 0.25) is 0 Å². The summed E-state index contributed by atoms with van der Waals surface area (Å²) in [6.45, 7) is 7.02. The van der Waals surface area contributed by atoms with E-state index in [9.17, 15) is 9.59 Å². The minimum atomic E-state index is -0.483. The Morgan fingerprint density at radius 2 is 1.67 bits per heavy atom. The molecule has 21 heavy (non-hydrogen) atoms. The van der Waals surface area contributed by atoms with Crippen molar-refractivity contribution in [3.05, 3.63) is 0 Å². The summed E-state index contributed by atoms with van der Waals surface area (Å²) < 4.78 is 14.6. The average molecular weight is 303 g/mol. The summed E-state index contributed by atoms with van der Waals surface area (Å²) in [7, 11) is 4.84. The highest BCUT2D eigenvalue weighted by Crippen LogP contribution is 2.30. The van der Waals surface area contributed by atoms with Gasteiger partial charge in [-0.3, -0.25) is 0 Å². The lowest BCUT2D eigenvalue weighted by molar-refractivity contribution is -0.122. The molecule has 0 aromatic carbocycles. The van der Waals surface area contributed by atoms with Crippen molar-refractivity contribution >= 4 is 12.4 Å². The quantitative estimate of drug-likeness (QED) is 0.747. The Labute approximate surface area is 127 Å². The van der Waals surface area contributed by atoms with Gasteiger partial charge in [0.25, 0.3) is 0 Å². The number of aldehydes is 1. The number of likely N-dealkylation sites (tertiary alicyclic amines) is 1. The van der Waals surface area contributed by atoms with Crippen LogP contribution in [0.5, 0.6) is 0 Å². The number of hydrogen-bond acceptors (Lipinski definition) is 5. The maximum atomic E-state index is 11.9. The van der Waals surface area contributed by atoms with Gasteiger partial charge in [0, 0.05) is 34.4 Å². The molecule has 1 rings (SSSR count). The summed E-state index contributed by atoms with van der Waals surface area (Å²) in [6.07, 6.45) is 1.91. The van der Waals surface area contributed by atoms with E-state index in [0.29, 0.717) is 32.5 Å². The number of piperidine rings is 1. The molecule has 0 unspecified atom stereocenters. The molecule has 0 bridgehead atoms. The summed E-state index contributed by atoms with van der Waals surface area (Å²) in [4.78, 5) is 24.7. The van der Waals surface area contributed by atoms with Gasteiger partial charge in [0.1, 0.15) is 11.9 Å². The summed E-state index contributed by atoms with van der Waals surface area (Å²) in [6, 6.07) is 0. The van der Waals surface area contributed by atoms with Crippen molar-refractivity contribution in [1.82, 2.24) is 4.90 Å². The number of methoxy groups -OCH3 is 2. The van der Waals surface area contributed by atoms with E-state index in [2.05, 4.69) is 4.74 Å². The van der Waals surface area contributed by atoms with Gasteiger partial charge < -0.3 is 23.9 Å². The van der Waals surface area contributed by atoms with Crippen molar-refractivity contribution in [3.8, 4) is 0 Å². The number of carbonyl (C=O) groups is 2. The normalized spacial score (nSPS) is 17.5. The van der Waals surface area contributed by atoms with Gasteiger partial charge in [0.05, 0.1) is 12.0 Å². The molecule has 6 nitrogen and oxygen atoms in total. The van der Waals surface area contributed by atoms with Crippen molar-refractivity contribution in [2.24, 2.45) is 5.41 Å². The molecule has 1 aliphatic rings. The molecule has 124 valence electrons. The lowest BCUT2D eigenvalue weighted by Gasteiger charge is -2.38. The van der Waals surface area contributed by atoms with E-state index in [1.807, 2.05) is 20.8 Å². The fourth-order valence-electron chi connectivity index (χ4n) is 2.04. The highest BCUT2D eigenvalue weighted by Gasteiger charge is 2.37. The lowest BCUT2D eigenvalue weighted by Crippen LogP contribution is -2.47. The Kier molecular flexibility index (Phi) is 8.51. The first-order valence-electron chi connectivity index (χ1n) is 7.07. The summed E-state index contributed by atoms with van der Waals surface area (Å²) >= 11 is 0. The van der Waals surface area contributed by atoms with Crippen LogP contribution in [-0.4, -0.2) is 63.9 Å². The van der Waals surface area contributed by atoms with Gasteiger partial charge in [0.2, 0.25) is 0 Å². The van der Waals surface area contributed by atoms with E-state index in [-0.39, 0.29) is 6.09 Å². The predicted molar refractivity (Wildman–Crippen MR) is 80.3 cm³/mol. The minimum Gasteiger partial charge on any atom is -0.444 e. The van der Waals surface area contributed by atoms with E-state index in [1.54, 1.807) is 26.2 Å². The molecule has 1 amide bonds. The van der Waals surface area contributed by atoms with Crippen LogP contribution in [0.15, 0.2) is 0 Å². The molecule has 1 aliphatic heterocycles. The zero-order valence-corrected chi connectivity index (χ0v) is 14.1. The van der Waals surface area contributed by atoms with E-state index >= 15 is 0 Å². The Balaban J connectivity index is 0.00000122. The summed E-state index contributed by atoms with van der Waals surface area (Å²) in [5.41, 5.74) is -0.921. The van der Waals surface area contributed by atoms with Gasteiger partial charge in [-0.05, 0) is 33.6 Å². The van der Waals surface area contributed by atoms with E-state index in [4.69, 9.17) is 9.47 Å². The average Bonchev–Trinajstić information content (AvgIpc) is 2.38. The van der Waals surface area contributed by atoms with Crippen LogP contribution in [0, 0.1) is 5.41 Å². The molecule has 0 radical (unpaired) electrons. The van der Waals surface area contributed by atoms with Crippen LogP contribution in [-0.2, 0) is 19.0 Å². The number of rotatable bonds is 3. The summed E-state index contributed by atoms with van der Waals surface area (Å²) in [5, 5.41) is 0. The molecule has 6 heteroatoms. The fraction of sp³-hybridized carbons (Fsp3) is 0.867. The van der Waals surface area contributed by atoms with Crippen molar-refractivity contribution in [1.29, 1.82) is 0 Å². The third kappa shape index (κ3) is 7.43. The van der Waals surface area contributed by atoms with E-state index < -0.39 is 11.0 Å². The maximum Gasteiger partial charge on any atom is 0.410 e. The maximum absolute atomic E-state index is 11.9. The predicted octanol–water partition coefficient (Wildman–Crippen LogP) is 2.11. The third-order valence-electron chi connectivity index (χ3n) is 3.09. The highest BCUT2D eigenvalue weighted by molar-refractivity contribution is 5.69. The standard InChI is InChI=1S/C13H23NO4.C2H6O/c1-12(2,3)18-11(16)14-7-5-13(9-15,6-8-14)10-17-4;1-3-2/h9H,5-8,10H2,1-4H3;1-2H3. The number of hydrogen-bond donors (Lipinski definition) is 0. The van der Waals surface area contributed by atoms with Gasteiger partial charge in [0.15, 0.2) is 0 Å². The highest BCUT2D eigenvalue weighted by atomic mass is 16.6. The topological polar surface area (TPSA) is 65.1 Å². The second-order valence-electron chi connectivity index (χ2n) is 6.29. The number of ether oxygens (including phenoxy) is 3. The summed E-state index contributed by atoms with van der Waals surface area (Å²) in [5.74, 6) is 0. The zero-order chi connectivity index (χ0) is 16.5. The Bertz CT molecular complexity index is 317. The molecule has 0 N–H and O–H groups in total. The lowest BCUT2D eigenvalue weighted by atomic mass is 9.81. The first-order valence-corrected chi connectivity index (χ1v) is 7.07. The van der Waals surface area contributed by atoms with Crippen molar-refractivity contribution in [2.45, 2.75) is 39.2 Å². The van der Waals surface area contributed by atoms with Crippen LogP contribution in [0.25, 0.3) is 0 Å². The molecule has 1 saturated heterocycles. The minimum absolute atomic E-state index is 0.306. The first kappa shape index (κ1) is 19.9. The Hall–Kier alpha value is -1.14. The molecule has 1 heterocycles. The van der Waals surface area contributed by atoms with Crippen LogP contribution < -0.4 is 0 Å². The van der Waals surface area contributed by atoms with Crippen LogP contribution in [0.4, 0.5) is 4.79 Å². The smallest absolute Gasteiger partial charge is 0.410 e. The molecular weight excluding hydrogens is 274 g/mol. The van der Waals surface area contributed by atoms with Crippen LogP contribution in [0.1, 0.15) is 33.6 Å². The number of nitrogens with zero attached hydrogens (tertiary/aromatic N) is 1. The van der Waals surface area contributed by atoms with E-state index in [1.165, 1.54) is 0 Å². The van der Waals surface area contributed by atoms with Gasteiger partial charge in [-0.15, -0.1) is 0 Å². The SMILES string of the molecule is COC.COCC1(C=O)CCN(C(=O)OC(C)(C)C)CC1. The van der Waals surface area contributed by atoms with E-state index in [0.717, 1.165) is 6.29 Å². The molecule has 0 aromatic heterocycles. The van der Waals surface area contributed by atoms with Gasteiger partial charge in [-0.2, -0.15) is 0 Å². The third-order valence-corrected chi connectivity index (χ3v) is 3.09. The Morgan fingerprint density at radius 1 is 1.19 bits per heavy atom.